The van der Waals surface area contributed by atoms with Gasteiger partial charge in [0.1, 0.15) is 0 Å². The summed E-state index contributed by atoms with van der Waals surface area (Å²) in [7, 11) is 1.41. The highest BCUT2D eigenvalue weighted by molar-refractivity contribution is 5.99. The lowest BCUT2D eigenvalue weighted by Gasteiger charge is -2.16. The fourth-order valence-electron chi connectivity index (χ4n) is 1.96. The molecular weight excluding hydrogens is 304 g/mol. The van der Waals surface area contributed by atoms with Gasteiger partial charge in [-0.15, -0.1) is 0 Å². The Morgan fingerprint density at radius 1 is 1.13 bits per heavy atom. The fraction of sp³-hybridized carbons (Fsp3) is 0.176. The van der Waals surface area contributed by atoms with E-state index >= 15 is 0 Å². The largest absolute Gasteiger partial charge is 0.493 e. The Bertz CT molecular complexity index is 784. The third kappa shape index (κ3) is 3.64. The lowest BCUT2D eigenvalue weighted by atomic mass is 10.1. The standard InChI is InChI=1S/C17H13F2NO3/c1-10(17(21)12-4-5-13(18)14(19)8-12)23-15-6-3-11(9-20)7-16(15)22-2/h3-8,10H,1-2H3. The molecule has 0 aliphatic carbocycles. The summed E-state index contributed by atoms with van der Waals surface area (Å²) >= 11 is 0. The molecule has 4 nitrogen and oxygen atoms in total. The van der Waals surface area contributed by atoms with E-state index in [1.807, 2.05) is 6.07 Å². The van der Waals surface area contributed by atoms with Gasteiger partial charge in [-0.1, -0.05) is 0 Å². The van der Waals surface area contributed by atoms with Gasteiger partial charge < -0.3 is 9.47 Å². The first-order chi connectivity index (χ1) is 11.0. The van der Waals surface area contributed by atoms with Gasteiger partial charge in [-0.25, -0.2) is 8.78 Å². The molecule has 0 bridgehead atoms. The molecule has 118 valence electrons. The highest BCUT2D eigenvalue weighted by Gasteiger charge is 2.20. The molecule has 0 saturated carbocycles. The molecule has 0 aromatic heterocycles. The first-order valence-electron chi connectivity index (χ1n) is 6.70. The molecule has 0 amide bonds. The van der Waals surface area contributed by atoms with Crippen LogP contribution in [-0.4, -0.2) is 19.0 Å². The Kier molecular flexibility index (Phi) is 4.91. The number of methoxy groups -OCH3 is 1. The Morgan fingerprint density at radius 2 is 1.87 bits per heavy atom. The fourth-order valence-corrected chi connectivity index (χ4v) is 1.96. The quantitative estimate of drug-likeness (QED) is 0.792. The van der Waals surface area contributed by atoms with Gasteiger partial charge in [-0.2, -0.15) is 5.26 Å². The molecule has 1 atom stereocenters. The number of ketones is 1. The highest BCUT2D eigenvalue weighted by atomic mass is 19.2. The molecule has 0 N–H and O–H groups in total. The van der Waals surface area contributed by atoms with Crippen molar-refractivity contribution >= 4 is 5.78 Å². The molecule has 6 heteroatoms. The molecule has 0 radical (unpaired) electrons. The first-order valence-corrected chi connectivity index (χ1v) is 6.70. The molecular formula is C17H13F2NO3. The van der Waals surface area contributed by atoms with Gasteiger partial charge in [-0.05, 0) is 37.3 Å². The van der Waals surface area contributed by atoms with Crippen LogP contribution in [-0.2, 0) is 0 Å². The zero-order chi connectivity index (χ0) is 17.0. The molecule has 23 heavy (non-hydrogen) atoms. The van der Waals surface area contributed by atoms with Crippen molar-refractivity contribution in [2.75, 3.05) is 7.11 Å². The topological polar surface area (TPSA) is 59.3 Å². The molecule has 2 aromatic rings. The number of ether oxygens (including phenoxy) is 2. The smallest absolute Gasteiger partial charge is 0.203 e. The van der Waals surface area contributed by atoms with Crippen molar-refractivity contribution in [1.82, 2.24) is 0 Å². The summed E-state index contributed by atoms with van der Waals surface area (Å²) in [6.45, 7) is 1.49. The van der Waals surface area contributed by atoms with E-state index in [-0.39, 0.29) is 11.3 Å². The van der Waals surface area contributed by atoms with E-state index in [4.69, 9.17) is 14.7 Å². The number of carbonyl (C=O) groups excluding carboxylic acids is 1. The maximum absolute atomic E-state index is 13.2. The highest BCUT2D eigenvalue weighted by Crippen LogP contribution is 2.29. The number of nitrogens with zero attached hydrogens (tertiary/aromatic N) is 1. The van der Waals surface area contributed by atoms with Crippen molar-refractivity contribution in [1.29, 1.82) is 5.26 Å². The second kappa shape index (κ2) is 6.88. The van der Waals surface area contributed by atoms with Gasteiger partial charge in [0, 0.05) is 11.6 Å². The number of Topliss-reactive ketones (excluding diaryl/α,β-unsaturated/α-hetero) is 1. The van der Waals surface area contributed by atoms with Gasteiger partial charge in [-0.3, -0.25) is 4.79 Å². The van der Waals surface area contributed by atoms with Gasteiger partial charge in [0.2, 0.25) is 5.78 Å². The van der Waals surface area contributed by atoms with E-state index in [1.165, 1.54) is 38.3 Å². The summed E-state index contributed by atoms with van der Waals surface area (Å²) in [5.74, 6) is -2.05. The lowest BCUT2D eigenvalue weighted by Crippen LogP contribution is -2.24. The van der Waals surface area contributed by atoms with E-state index in [1.54, 1.807) is 0 Å². The van der Waals surface area contributed by atoms with Crippen LogP contribution in [0, 0.1) is 23.0 Å². The van der Waals surface area contributed by atoms with E-state index < -0.39 is 23.5 Å². The summed E-state index contributed by atoms with van der Waals surface area (Å²) < 4.78 is 36.8. The van der Waals surface area contributed by atoms with Crippen molar-refractivity contribution in [3.8, 4) is 17.6 Å². The van der Waals surface area contributed by atoms with Crippen LogP contribution in [0.1, 0.15) is 22.8 Å². The van der Waals surface area contributed by atoms with Gasteiger partial charge in [0.05, 0.1) is 18.7 Å². The zero-order valence-corrected chi connectivity index (χ0v) is 12.5. The van der Waals surface area contributed by atoms with Gasteiger partial charge in [0.15, 0.2) is 29.2 Å². The molecule has 0 aliphatic rings. The minimum absolute atomic E-state index is 0.00371. The second-order valence-corrected chi connectivity index (χ2v) is 4.73. The Balaban J connectivity index is 2.21. The van der Waals surface area contributed by atoms with Gasteiger partial charge in [0.25, 0.3) is 0 Å². The van der Waals surface area contributed by atoms with Crippen LogP contribution in [0.2, 0.25) is 0 Å². The summed E-state index contributed by atoms with van der Waals surface area (Å²) in [4.78, 5) is 12.2. The van der Waals surface area contributed by atoms with Crippen molar-refractivity contribution in [2.45, 2.75) is 13.0 Å². The number of benzene rings is 2. The second-order valence-electron chi connectivity index (χ2n) is 4.73. The molecule has 0 saturated heterocycles. The molecule has 0 heterocycles. The van der Waals surface area contributed by atoms with Crippen molar-refractivity contribution < 1.29 is 23.0 Å². The molecule has 0 spiro atoms. The summed E-state index contributed by atoms with van der Waals surface area (Å²) in [5.41, 5.74) is 0.387. The zero-order valence-electron chi connectivity index (χ0n) is 12.5. The van der Waals surface area contributed by atoms with Crippen molar-refractivity contribution in [2.24, 2.45) is 0 Å². The normalized spacial score (nSPS) is 11.4. The average molecular weight is 317 g/mol. The number of hydrogen-bond donors (Lipinski definition) is 0. The number of rotatable bonds is 5. The van der Waals surface area contributed by atoms with Crippen LogP contribution < -0.4 is 9.47 Å². The predicted octanol–water partition coefficient (Wildman–Crippen LogP) is 3.50. The Labute approximate surface area is 131 Å². The van der Waals surface area contributed by atoms with E-state index in [9.17, 15) is 13.6 Å². The van der Waals surface area contributed by atoms with E-state index in [2.05, 4.69) is 0 Å². The maximum atomic E-state index is 13.2. The number of halogens is 2. The van der Waals surface area contributed by atoms with E-state index in [0.29, 0.717) is 11.3 Å². The van der Waals surface area contributed by atoms with Crippen LogP contribution in [0.5, 0.6) is 11.5 Å². The predicted molar refractivity (Wildman–Crippen MR) is 78.5 cm³/mol. The summed E-state index contributed by atoms with van der Waals surface area (Å²) in [6.07, 6.45) is -0.943. The van der Waals surface area contributed by atoms with Crippen molar-refractivity contribution in [3.05, 3.63) is 59.2 Å². The molecule has 2 rings (SSSR count). The summed E-state index contributed by atoms with van der Waals surface area (Å²) in [6, 6.07) is 9.37. The average Bonchev–Trinajstić information content (AvgIpc) is 2.56. The van der Waals surface area contributed by atoms with E-state index in [0.717, 1.165) is 12.1 Å². The van der Waals surface area contributed by atoms with Crippen LogP contribution in [0.25, 0.3) is 0 Å². The monoisotopic (exact) mass is 317 g/mol. The number of hydrogen-bond acceptors (Lipinski definition) is 4. The minimum atomic E-state index is -1.10. The lowest BCUT2D eigenvalue weighted by molar-refractivity contribution is 0.0813. The molecule has 1 unspecified atom stereocenters. The maximum Gasteiger partial charge on any atom is 0.203 e. The molecule has 0 fully saturated rings. The molecule has 0 aliphatic heterocycles. The van der Waals surface area contributed by atoms with Crippen LogP contribution in [0.4, 0.5) is 8.78 Å². The number of nitriles is 1. The Hall–Kier alpha value is -2.94. The summed E-state index contributed by atoms with van der Waals surface area (Å²) in [5, 5.41) is 8.85. The molecule has 2 aromatic carbocycles. The van der Waals surface area contributed by atoms with Crippen molar-refractivity contribution in [3.63, 3.8) is 0 Å². The third-order valence-corrected chi connectivity index (χ3v) is 3.17. The van der Waals surface area contributed by atoms with Crippen LogP contribution in [0.15, 0.2) is 36.4 Å². The number of carbonyl (C=O) groups is 1. The van der Waals surface area contributed by atoms with Crippen LogP contribution >= 0.6 is 0 Å². The third-order valence-electron chi connectivity index (χ3n) is 3.17. The minimum Gasteiger partial charge on any atom is -0.493 e. The SMILES string of the molecule is COc1cc(C#N)ccc1OC(C)C(=O)c1ccc(F)c(F)c1. The van der Waals surface area contributed by atoms with Gasteiger partial charge >= 0.3 is 0 Å². The van der Waals surface area contributed by atoms with Crippen LogP contribution in [0.3, 0.4) is 0 Å². The Morgan fingerprint density at radius 3 is 2.48 bits per heavy atom. The first kappa shape index (κ1) is 16.4.